The minimum absolute atomic E-state index is 0.145. The molecule has 0 radical (unpaired) electrons. The van der Waals surface area contributed by atoms with Crippen LogP contribution in [0.3, 0.4) is 0 Å². The summed E-state index contributed by atoms with van der Waals surface area (Å²) in [6, 6.07) is 1.75. The van der Waals surface area contributed by atoms with Gasteiger partial charge in [-0.1, -0.05) is 5.16 Å². The molecular weight excluding hydrogens is 258 g/mol. The molecule has 2 heterocycles. The maximum absolute atomic E-state index is 12.3. The summed E-state index contributed by atoms with van der Waals surface area (Å²) < 4.78 is 5.12. The average Bonchev–Trinajstić information content (AvgIpc) is 2.73. The molecule has 6 heteroatoms. The molecule has 0 bridgehead atoms. The van der Waals surface area contributed by atoms with Crippen LogP contribution in [0.4, 0.5) is 0 Å². The smallest absolute Gasteiger partial charge is 0.258 e. The van der Waals surface area contributed by atoms with E-state index in [9.17, 15) is 9.90 Å². The average molecular weight is 275 g/mol. The second-order valence-corrected chi connectivity index (χ2v) is 5.46. The Morgan fingerprint density at radius 2 is 2.25 bits per heavy atom. The second-order valence-electron chi connectivity index (χ2n) is 5.46. The number of aromatic nitrogens is 2. The molecule has 20 heavy (non-hydrogen) atoms. The summed E-state index contributed by atoms with van der Waals surface area (Å²) in [6.45, 7) is 4.20. The van der Waals surface area contributed by atoms with Gasteiger partial charge in [-0.05, 0) is 38.7 Å². The Hall–Kier alpha value is -1.95. The fourth-order valence-corrected chi connectivity index (χ4v) is 2.60. The van der Waals surface area contributed by atoms with Crippen molar-refractivity contribution < 1.29 is 14.4 Å². The third-order valence-corrected chi connectivity index (χ3v) is 3.75. The van der Waals surface area contributed by atoms with Crippen molar-refractivity contribution in [3.63, 3.8) is 0 Å². The summed E-state index contributed by atoms with van der Waals surface area (Å²) >= 11 is 0. The van der Waals surface area contributed by atoms with E-state index in [1.807, 2.05) is 6.92 Å². The zero-order valence-corrected chi connectivity index (χ0v) is 11.5. The molecule has 1 saturated carbocycles. The molecule has 3 rings (SSSR count). The van der Waals surface area contributed by atoms with Crippen LogP contribution in [-0.2, 0) is 0 Å². The standard InChI is InChI=1S/C14H17N3O3/c1-7-3-11(12-8(2)17-20-14(12)16-7)13(19)15-6-9-4-10(18)5-9/h3,9-10,18H,4-6H2,1-2H3,(H,15,19). The number of fused-ring (bicyclic) bond motifs is 1. The van der Waals surface area contributed by atoms with E-state index in [4.69, 9.17) is 4.52 Å². The van der Waals surface area contributed by atoms with Crippen molar-refractivity contribution in [1.29, 1.82) is 0 Å². The van der Waals surface area contributed by atoms with E-state index in [0.29, 0.717) is 34.8 Å². The molecule has 0 aliphatic heterocycles. The third kappa shape index (κ3) is 2.27. The van der Waals surface area contributed by atoms with Gasteiger partial charge < -0.3 is 14.9 Å². The molecule has 1 aliphatic carbocycles. The summed E-state index contributed by atoms with van der Waals surface area (Å²) in [6.07, 6.45) is 1.32. The SMILES string of the molecule is Cc1cc(C(=O)NCC2CC(O)C2)c2c(C)noc2n1. The Labute approximate surface area is 116 Å². The van der Waals surface area contributed by atoms with Crippen LogP contribution in [0.15, 0.2) is 10.6 Å². The first-order valence-corrected chi connectivity index (χ1v) is 6.74. The number of aliphatic hydroxyl groups excluding tert-OH is 1. The van der Waals surface area contributed by atoms with Gasteiger partial charge in [0, 0.05) is 12.2 Å². The molecule has 0 aromatic carbocycles. The molecule has 1 amide bonds. The van der Waals surface area contributed by atoms with Gasteiger partial charge in [-0.15, -0.1) is 0 Å². The monoisotopic (exact) mass is 275 g/mol. The van der Waals surface area contributed by atoms with Crippen LogP contribution in [-0.4, -0.2) is 33.8 Å². The molecule has 106 valence electrons. The normalized spacial score (nSPS) is 21.8. The lowest BCUT2D eigenvalue weighted by atomic mass is 9.82. The number of hydrogen-bond donors (Lipinski definition) is 2. The highest BCUT2D eigenvalue weighted by atomic mass is 16.5. The number of amides is 1. The highest BCUT2D eigenvalue weighted by Crippen LogP contribution is 2.26. The molecule has 0 spiro atoms. The highest BCUT2D eigenvalue weighted by Gasteiger charge is 2.27. The number of nitrogens with zero attached hydrogens (tertiary/aromatic N) is 2. The van der Waals surface area contributed by atoms with E-state index < -0.39 is 0 Å². The van der Waals surface area contributed by atoms with Crippen molar-refractivity contribution in [3.8, 4) is 0 Å². The van der Waals surface area contributed by atoms with Crippen LogP contribution in [0.5, 0.6) is 0 Å². The van der Waals surface area contributed by atoms with Gasteiger partial charge >= 0.3 is 0 Å². The Morgan fingerprint density at radius 1 is 1.50 bits per heavy atom. The molecule has 2 N–H and O–H groups in total. The van der Waals surface area contributed by atoms with Gasteiger partial charge in [0.05, 0.1) is 22.7 Å². The molecule has 1 fully saturated rings. The van der Waals surface area contributed by atoms with E-state index in [2.05, 4.69) is 15.5 Å². The van der Waals surface area contributed by atoms with E-state index in [1.54, 1.807) is 13.0 Å². The van der Waals surface area contributed by atoms with Gasteiger partial charge in [-0.2, -0.15) is 0 Å². The van der Waals surface area contributed by atoms with Crippen molar-refractivity contribution in [2.75, 3.05) is 6.54 Å². The van der Waals surface area contributed by atoms with Crippen molar-refractivity contribution in [2.45, 2.75) is 32.8 Å². The fraction of sp³-hybridized carbons (Fsp3) is 0.500. The molecule has 2 aromatic rings. The number of nitrogens with one attached hydrogen (secondary N) is 1. The lowest BCUT2D eigenvalue weighted by molar-refractivity contribution is 0.0420. The molecule has 1 aliphatic rings. The van der Waals surface area contributed by atoms with Crippen LogP contribution in [0.25, 0.3) is 11.1 Å². The molecular formula is C14H17N3O3. The molecule has 0 unspecified atom stereocenters. The van der Waals surface area contributed by atoms with Gasteiger partial charge in [0.25, 0.3) is 11.6 Å². The maximum atomic E-state index is 12.3. The first-order chi connectivity index (χ1) is 9.54. The Morgan fingerprint density at radius 3 is 2.95 bits per heavy atom. The minimum atomic E-state index is -0.202. The van der Waals surface area contributed by atoms with E-state index in [0.717, 1.165) is 18.5 Å². The predicted octanol–water partition coefficient (Wildman–Crippen LogP) is 1.34. The van der Waals surface area contributed by atoms with E-state index >= 15 is 0 Å². The van der Waals surface area contributed by atoms with Crippen LogP contribution in [0.2, 0.25) is 0 Å². The van der Waals surface area contributed by atoms with Gasteiger partial charge in [0.15, 0.2) is 0 Å². The lowest BCUT2D eigenvalue weighted by Crippen LogP contribution is -2.38. The molecule has 0 saturated heterocycles. The van der Waals surface area contributed by atoms with Gasteiger partial charge in [-0.25, -0.2) is 4.98 Å². The molecule has 2 aromatic heterocycles. The van der Waals surface area contributed by atoms with E-state index in [1.165, 1.54) is 0 Å². The number of carbonyl (C=O) groups is 1. The maximum Gasteiger partial charge on any atom is 0.258 e. The second kappa shape index (κ2) is 4.86. The van der Waals surface area contributed by atoms with Gasteiger partial charge in [-0.3, -0.25) is 4.79 Å². The van der Waals surface area contributed by atoms with Crippen LogP contribution in [0.1, 0.15) is 34.6 Å². The van der Waals surface area contributed by atoms with Crippen LogP contribution >= 0.6 is 0 Å². The Bertz CT molecular complexity index is 659. The Balaban J connectivity index is 1.81. The number of aryl methyl sites for hydroxylation is 2. The largest absolute Gasteiger partial charge is 0.393 e. The summed E-state index contributed by atoms with van der Waals surface area (Å²) in [5, 5.41) is 16.7. The molecule has 0 atom stereocenters. The number of carbonyl (C=O) groups excluding carboxylic acids is 1. The zero-order chi connectivity index (χ0) is 14.3. The number of aliphatic hydroxyl groups is 1. The predicted molar refractivity (Wildman–Crippen MR) is 72.3 cm³/mol. The summed E-state index contributed by atoms with van der Waals surface area (Å²) in [7, 11) is 0. The van der Waals surface area contributed by atoms with Gasteiger partial charge in [0.1, 0.15) is 0 Å². The first kappa shape index (κ1) is 13.1. The number of rotatable bonds is 3. The third-order valence-electron chi connectivity index (χ3n) is 3.75. The Kier molecular flexibility index (Phi) is 3.17. The van der Waals surface area contributed by atoms with Crippen molar-refractivity contribution >= 4 is 17.0 Å². The van der Waals surface area contributed by atoms with Crippen molar-refractivity contribution in [2.24, 2.45) is 5.92 Å². The summed E-state index contributed by atoms with van der Waals surface area (Å²) in [4.78, 5) is 16.5. The topological polar surface area (TPSA) is 88.2 Å². The minimum Gasteiger partial charge on any atom is -0.393 e. The van der Waals surface area contributed by atoms with Gasteiger partial charge in [0.2, 0.25) is 0 Å². The van der Waals surface area contributed by atoms with E-state index in [-0.39, 0.29) is 12.0 Å². The summed E-state index contributed by atoms with van der Waals surface area (Å²) in [5.41, 5.74) is 2.33. The first-order valence-electron chi connectivity index (χ1n) is 6.74. The number of pyridine rings is 1. The van der Waals surface area contributed by atoms with Crippen molar-refractivity contribution in [3.05, 3.63) is 23.0 Å². The quantitative estimate of drug-likeness (QED) is 0.882. The zero-order valence-electron chi connectivity index (χ0n) is 11.5. The van der Waals surface area contributed by atoms with Crippen LogP contribution in [0, 0.1) is 19.8 Å². The molecule has 6 nitrogen and oxygen atoms in total. The highest BCUT2D eigenvalue weighted by molar-refractivity contribution is 6.06. The van der Waals surface area contributed by atoms with Crippen LogP contribution < -0.4 is 5.32 Å². The number of hydrogen-bond acceptors (Lipinski definition) is 5. The fourth-order valence-electron chi connectivity index (χ4n) is 2.60. The summed E-state index contributed by atoms with van der Waals surface area (Å²) in [5.74, 6) is 0.226. The van der Waals surface area contributed by atoms with Crippen molar-refractivity contribution in [1.82, 2.24) is 15.5 Å². The lowest BCUT2D eigenvalue weighted by Gasteiger charge is -2.31.